The number of esters is 1. The van der Waals surface area contributed by atoms with E-state index in [0.717, 1.165) is 30.6 Å². The van der Waals surface area contributed by atoms with E-state index in [9.17, 15) is 4.79 Å². The average molecular weight is 304 g/mol. The van der Waals surface area contributed by atoms with Gasteiger partial charge in [-0.15, -0.1) is 0 Å². The van der Waals surface area contributed by atoms with Crippen LogP contribution in [0.1, 0.15) is 36.5 Å². The van der Waals surface area contributed by atoms with Crippen molar-refractivity contribution >= 4 is 17.8 Å². The molecular formula is C21H20O2. The van der Waals surface area contributed by atoms with E-state index in [0.29, 0.717) is 0 Å². The molecule has 0 amide bonds. The fourth-order valence-electron chi connectivity index (χ4n) is 2.92. The maximum absolute atomic E-state index is 11.5. The molecular weight excluding hydrogens is 284 g/mol. The second kappa shape index (κ2) is 7.10. The molecule has 0 saturated carbocycles. The number of aryl methyl sites for hydroxylation is 1. The Morgan fingerprint density at radius 2 is 1.78 bits per heavy atom. The van der Waals surface area contributed by atoms with Crippen LogP contribution in [0.4, 0.5) is 0 Å². The molecule has 0 fully saturated rings. The minimum absolute atomic E-state index is 0.263. The lowest BCUT2D eigenvalue weighted by molar-refractivity contribution is -0.134. The molecule has 3 rings (SSSR count). The number of hydrogen-bond acceptors (Lipinski definition) is 2. The van der Waals surface area contributed by atoms with Gasteiger partial charge in [-0.05, 0) is 36.0 Å². The predicted octanol–water partition coefficient (Wildman–Crippen LogP) is 5.01. The van der Waals surface area contributed by atoms with Gasteiger partial charge in [-0.1, -0.05) is 66.7 Å². The standard InChI is InChI=1S/C21H20O2/c1-16(22)23-21-19(12-7-10-17-8-3-2-4-9-17)15-14-18-11-5-6-13-20(18)21/h2-11,13H,12,14-15H2,1H3/b10-7+. The Morgan fingerprint density at radius 3 is 2.57 bits per heavy atom. The molecule has 23 heavy (non-hydrogen) atoms. The second-order valence-corrected chi connectivity index (χ2v) is 5.70. The lowest BCUT2D eigenvalue weighted by Crippen LogP contribution is -2.09. The van der Waals surface area contributed by atoms with Gasteiger partial charge in [0.15, 0.2) is 0 Å². The van der Waals surface area contributed by atoms with E-state index in [1.165, 1.54) is 23.6 Å². The third-order valence-electron chi connectivity index (χ3n) is 4.00. The summed E-state index contributed by atoms with van der Waals surface area (Å²) in [6.07, 6.45) is 6.97. The molecule has 116 valence electrons. The van der Waals surface area contributed by atoms with Crippen LogP contribution in [0.15, 0.2) is 66.2 Å². The number of ether oxygens (including phenoxy) is 1. The molecule has 1 aliphatic carbocycles. The van der Waals surface area contributed by atoms with Crippen LogP contribution >= 0.6 is 0 Å². The third kappa shape index (κ3) is 3.78. The van der Waals surface area contributed by atoms with Crippen LogP contribution in [0, 0.1) is 0 Å². The zero-order valence-corrected chi connectivity index (χ0v) is 13.3. The molecule has 0 atom stereocenters. The van der Waals surface area contributed by atoms with E-state index in [2.05, 4.69) is 30.4 Å². The second-order valence-electron chi connectivity index (χ2n) is 5.70. The summed E-state index contributed by atoms with van der Waals surface area (Å²) >= 11 is 0. The van der Waals surface area contributed by atoms with Gasteiger partial charge in [0.25, 0.3) is 0 Å². The first-order valence-electron chi connectivity index (χ1n) is 7.94. The van der Waals surface area contributed by atoms with Gasteiger partial charge in [0.1, 0.15) is 5.76 Å². The fourth-order valence-corrected chi connectivity index (χ4v) is 2.92. The summed E-state index contributed by atoms with van der Waals surface area (Å²) < 4.78 is 5.54. The summed E-state index contributed by atoms with van der Waals surface area (Å²) in [5, 5.41) is 0. The Labute approximate surface area is 137 Å². The van der Waals surface area contributed by atoms with Gasteiger partial charge in [0, 0.05) is 12.5 Å². The molecule has 0 aliphatic heterocycles. The quantitative estimate of drug-likeness (QED) is 0.742. The molecule has 0 radical (unpaired) electrons. The van der Waals surface area contributed by atoms with Crippen molar-refractivity contribution in [3.63, 3.8) is 0 Å². The number of hydrogen-bond donors (Lipinski definition) is 0. The molecule has 0 bridgehead atoms. The van der Waals surface area contributed by atoms with Gasteiger partial charge in [0.05, 0.1) is 0 Å². The molecule has 0 heterocycles. The number of rotatable bonds is 4. The Kier molecular flexibility index (Phi) is 4.72. The molecule has 0 aromatic heterocycles. The maximum atomic E-state index is 11.5. The highest BCUT2D eigenvalue weighted by atomic mass is 16.5. The summed E-state index contributed by atoms with van der Waals surface area (Å²) in [6.45, 7) is 1.46. The van der Waals surface area contributed by atoms with Crippen molar-refractivity contribution in [3.8, 4) is 0 Å². The van der Waals surface area contributed by atoms with Gasteiger partial charge in [-0.2, -0.15) is 0 Å². The first kappa shape index (κ1) is 15.3. The van der Waals surface area contributed by atoms with E-state index < -0.39 is 0 Å². The smallest absolute Gasteiger partial charge is 0.308 e. The van der Waals surface area contributed by atoms with Crippen LogP contribution in [0.3, 0.4) is 0 Å². The SMILES string of the molecule is CC(=O)OC1=C(C/C=C/c2ccccc2)CCc2ccccc21. The highest BCUT2D eigenvalue weighted by Gasteiger charge is 2.20. The number of fused-ring (bicyclic) bond motifs is 1. The Balaban J connectivity index is 1.86. The number of carbonyl (C=O) groups excluding carboxylic acids is 1. The molecule has 0 N–H and O–H groups in total. The molecule has 0 spiro atoms. The highest BCUT2D eigenvalue weighted by molar-refractivity contribution is 5.79. The van der Waals surface area contributed by atoms with E-state index in [1.54, 1.807) is 0 Å². The van der Waals surface area contributed by atoms with Gasteiger partial charge >= 0.3 is 5.97 Å². The van der Waals surface area contributed by atoms with Crippen LogP contribution in [0.2, 0.25) is 0 Å². The lowest BCUT2D eigenvalue weighted by Gasteiger charge is -2.22. The third-order valence-corrected chi connectivity index (χ3v) is 4.00. The fraction of sp³-hybridized carbons (Fsp3) is 0.190. The van der Waals surface area contributed by atoms with Crippen LogP contribution in [-0.4, -0.2) is 5.97 Å². The molecule has 2 heteroatoms. The van der Waals surface area contributed by atoms with E-state index in [1.807, 2.05) is 36.4 Å². The maximum Gasteiger partial charge on any atom is 0.308 e. The number of carbonyl (C=O) groups is 1. The summed E-state index contributed by atoms with van der Waals surface area (Å²) in [7, 11) is 0. The van der Waals surface area contributed by atoms with Crippen molar-refractivity contribution < 1.29 is 9.53 Å². The minimum Gasteiger partial charge on any atom is -0.426 e. The number of allylic oxidation sites excluding steroid dienone is 2. The van der Waals surface area contributed by atoms with Gasteiger partial charge in [-0.3, -0.25) is 4.79 Å². The topological polar surface area (TPSA) is 26.3 Å². The van der Waals surface area contributed by atoms with Crippen molar-refractivity contribution in [2.45, 2.75) is 26.2 Å². The molecule has 0 unspecified atom stereocenters. The van der Waals surface area contributed by atoms with Gasteiger partial charge in [0.2, 0.25) is 0 Å². The Morgan fingerprint density at radius 1 is 1.04 bits per heavy atom. The van der Waals surface area contributed by atoms with Crippen LogP contribution in [0.25, 0.3) is 11.8 Å². The van der Waals surface area contributed by atoms with Crippen molar-refractivity contribution in [1.29, 1.82) is 0 Å². The molecule has 2 aromatic rings. The zero-order valence-electron chi connectivity index (χ0n) is 13.3. The highest BCUT2D eigenvalue weighted by Crippen LogP contribution is 2.34. The largest absolute Gasteiger partial charge is 0.426 e. The monoisotopic (exact) mass is 304 g/mol. The van der Waals surface area contributed by atoms with Crippen LogP contribution < -0.4 is 0 Å². The summed E-state index contributed by atoms with van der Waals surface area (Å²) in [5.74, 6) is 0.485. The summed E-state index contributed by atoms with van der Waals surface area (Å²) in [5.41, 5.74) is 4.67. The summed E-state index contributed by atoms with van der Waals surface area (Å²) in [6, 6.07) is 18.4. The van der Waals surface area contributed by atoms with E-state index >= 15 is 0 Å². The van der Waals surface area contributed by atoms with Crippen LogP contribution in [-0.2, 0) is 16.0 Å². The average Bonchev–Trinajstić information content (AvgIpc) is 2.57. The number of benzene rings is 2. The first-order chi connectivity index (χ1) is 11.2. The Bertz CT molecular complexity index is 754. The summed E-state index contributed by atoms with van der Waals surface area (Å²) in [4.78, 5) is 11.5. The molecule has 1 aliphatic rings. The normalized spacial score (nSPS) is 14.0. The molecule has 2 aromatic carbocycles. The molecule has 2 nitrogen and oxygen atoms in total. The van der Waals surface area contributed by atoms with Gasteiger partial charge in [-0.25, -0.2) is 0 Å². The lowest BCUT2D eigenvalue weighted by atomic mass is 9.89. The minimum atomic E-state index is -0.263. The van der Waals surface area contributed by atoms with Crippen LogP contribution in [0.5, 0.6) is 0 Å². The van der Waals surface area contributed by atoms with E-state index in [-0.39, 0.29) is 5.97 Å². The van der Waals surface area contributed by atoms with E-state index in [4.69, 9.17) is 4.74 Å². The van der Waals surface area contributed by atoms with Crippen molar-refractivity contribution in [2.24, 2.45) is 0 Å². The van der Waals surface area contributed by atoms with Crippen molar-refractivity contribution in [1.82, 2.24) is 0 Å². The first-order valence-corrected chi connectivity index (χ1v) is 7.94. The van der Waals surface area contributed by atoms with Crippen molar-refractivity contribution in [3.05, 3.63) is 82.9 Å². The van der Waals surface area contributed by atoms with Gasteiger partial charge < -0.3 is 4.74 Å². The Hall–Kier alpha value is -2.61. The zero-order chi connectivity index (χ0) is 16.1. The molecule has 0 saturated heterocycles. The van der Waals surface area contributed by atoms with Crippen molar-refractivity contribution in [2.75, 3.05) is 0 Å². The predicted molar refractivity (Wildman–Crippen MR) is 93.5 cm³/mol.